The summed E-state index contributed by atoms with van der Waals surface area (Å²) in [6.07, 6.45) is 4.45. The van der Waals surface area contributed by atoms with Crippen molar-refractivity contribution in [1.29, 1.82) is 0 Å². The maximum Gasteiger partial charge on any atom is 0.274 e. The lowest BCUT2D eigenvalue weighted by molar-refractivity contribution is -0.117. The number of amides is 2. The van der Waals surface area contributed by atoms with Gasteiger partial charge in [-0.2, -0.15) is 0 Å². The summed E-state index contributed by atoms with van der Waals surface area (Å²) in [6, 6.07) is 6.96. The second kappa shape index (κ2) is 10.1. The molecule has 0 unspecified atom stereocenters. The van der Waals surface area contributed by atoms with Gasteiger partial charge in [-0.15, -0.1) is 0 Å². The molecule has 0 spiro atoms. The Labute approximate surface area is 173 Å². The molecular weight excluding hydrogens is 388 g/mol. The van der Waals surface area contributed by atoms with Gasteiger partial charge in [0, 0.05) is 38.3 Å². The molecule has 0 saturated carbocycles. The molecule has 2 aromatic rings. The van der Waals surface area contributed by atoms with Crippen LogP contribution in [0.5, 0.6) is 5.88 Å². The van der Waals surface area contributed by atoms with Crippen LogP contribution in [-0.2, 0) is 9.53 Å². The van der Waals surface area contributed by atoms with Crippen LogP contribution in [0.25, 0.3) is 11.1 Å². The van der Waals surface area contributed by atoms with Crippen molar-refractivity contribution in [1.82, 2.24) is 20.6 Å². The molecule has 1 aliphatic rings. The number of hydrogen-bond acceptors (Lipinski definition) is 8. The zero-order valence-corrected chi connectivity index (χ0v) is 16.4. The lowest BCUT2D eigenvalue weighted by Crippen LogP contribution is -2.36. The molecule has 0 aliphatic carbocycles. The van der Waals surface area contributed by atoms with Crippen molar-refractivity contribution in [2.75, 3.05) is 33.4 Å². The van der Waals surface area contributed by atoms with Crippen molar-refractivity contribution >= 4 is 18.0 Å². The van der Waals surface area contributed by atoms with E-state index in [-0.39, 0.29) is 30.2 Å². The number of aliphatic imine (C=N–C) groups is 1. The number of ether oxygens (including phenoxy) is 2. The molecule has 3 rings (SSSR count). The van der Waals surface area contributed by atoms with Crippen molar-refractivity contribution in [2.24, 2.45) is 10.7 Å². The number of allylic oxidation sites excluding steroid dienone is 1. The van der Waals surface area contributed by atoms with E-state index in [4.69, 9.17) is 15.2 Å². The van der Waals surface area contributed by atoms with Crippen LogP contribution in [0.3, 0.4) is 0 Å². The summed E-state index contributed by atoms with van der Waals surface area (Å²) in [6.45, 7) is 1.14. The monoisotopic (exact) mass is 410 g/mol. The number of aromatic nitrogens is 2. The first-order valence-corrected chi connectivity index (χ1v) is 9.23. The Morgan fingerprint density at radius 1 is 1.07 bits per heavy atom. The molecule has 3 heterocycles. The molecule has 1 aliphatic heterocycles. The van der Waals surface area contributed by atoms with Crippen LogP contribution in [0.2, 0.25) is 0 Å². The Kier molecular flexibility index (Phi) is 7.06. The first-order valence-electron chi connectivity index (χ1n) is 9.23. The maximum atomic E-state index is 12.7. The lowest BCUT2D eigenvalue weighted by atomic mass is 10.1. The minimum atomic E-state index is -0.549. The number of pyridine rings is 2. The van der Waals surface area contributed by atoms with Gasteiger partial charge in [0.25, 0.3) is 11.8 Å². The number of hydrogen-bond donors (Lipinski definition) is 3. The molecule has 2 amide bonds. The van der Waals surface area contributed by atoms with E-state index < -0.39 is 11.8 Å². The molecule has 10 nitrogen and oxygen atoms in total. The van der Waals surface area contributed by atoms with E-state index in [0.717, 1.165) is 11.1 Å². The third-order valence-corrected chi connectivity index (χ3v) is 4.11. The molecular formula is C20H22N6O4. The number of fused-ring (bicyclic) bond motifs is 5. The predicted octanol–water partition coefficient (Wildman–Crippen LogP) is 0.270. The van der Waals surface area contributed by atoms with E-state index in [0.29, 0.717) is 19.1 Å². The standard InChI is InChI=1S/C20H22N6O4/c1-22-12-16-18(21)20(28)25-6-7-29-8-9-30-17-11-14(3-5-24-17)13-2-4-23-15(10-13)19(27)26-16/h2-5,10-12H,6-9,21H2,1H3,(H,25,28)(H,26,27). The van der Waals surface area contributed by atoms with Gasteiger partial charge in [-0.25, -0.2) is 4.98 Å². The summed E-state index contributed by atoms with van der Waals surface area (Å²) in [5.74, 6) is -0.644. The van der Waals surface area contributed by atoms with Crippen LogP contribution in [0.15, 0.2) is 53.0 Å². The van der Waals surface area contributed by atoms with E-state index in [1.165, 1.54) is 19.5 Å². The molecule has 2 aromatic heterocycles. The zero-order chi connectivity index (χ0) is 21.3. The molecule has 0 saturated heterocycles. The summed E-state index contributed by atoms with van der Waals surface area (Å²) in [4.78, 5) is 37.1. The second-order valence-corrected chi connectivity index (χ2v) is 6.20. The summed E-state index contributed by atoms with van der Waals surface area (Å²) in [5, 5.41) is 5.21. The van der Waals surface area contributed by atoms with E-state index in [1.807, 2.05) is 0 Å². The summed E-state index contributed by atoms with van der Waals surface area (Å²) in [7, 11) is 1.51. The highest BCUT2D eigenvalue weighted by Gasteiger charge is 2.16. The van der Waals surface area contributed by atoms with E-state index >= 15 is 0 Å². The molecule has 156 valence electrons. The second-order valence-electron chi connectivity index (χ2n) is 6.20. The molecule has 4 N–H and O–H groups in total. The smallest absolute Gasteiger partial charge is 0.274 e. The lowest BCUT2D eigenvalue weighted by Gasteiger charge is -2.12. The third-order valence-electron chi connectivity index (χ3n) is 4.11. The molecule has 0 atom stereocenters. The molecule has 0 fully saturated rings. The fourth-order valence-corrected chi connectivity index (χ4v) is 2.65. The fourth-order valence-electron chi connectivity index (χ4n) is 2.65. The van der Waals surface area contributed by atoms with Gasteiger partial charge in [0.2, 0.25) is 5.88 Å². The quantitative estimate of drug-likeness (QED) is 0.573. The van der Waals surface area contributed by atoms with Gasteiger partial charge in [0.15, 0.2) is 0 Å². The highest BCUT2D eigenvalue weighted by atomic mass is 16.5. The first kappa shape index (κ1) is 20.9. The van der Waals surface area contributed by atoms with E-state index in [2.05, 4.69) is 25.6 Å². The minimum Gasteiger partial charge on any atom is -0.475 e. The number of nitrogens with two attached hydrogens (primary N) is 1. The van der Waals surface area contributed by atoms with Crippen molar-refractivity contribution in [3.63, 3.8) is 0 Å². The van der Waals surface area contributed by atoms with Gasteiger partial charge >= 0.3 is 0 Å². The largest absolute Gasteiger partial charge is 0.475 e. The van der Waals surface area contributed by atoms with Crippen LogP contribution in [-0.4, -0.2) is 61.4 Å². The van der Waals surface area contributed by atoms with E-state index in [1.54, 1.807) is 30.5 Å². The minimum absolute atomic E-state index is 0.0776. The number of carbonyl (C=O) groups excluding carboxylic acids is 2. The van der Waals surface area contributed by atoms with Gasteiger partial charge in [0.1, 0.15) is 18.0 Å². The Hall–Kier alpha value is -3.79. The fraction of sp³-hybridized carbons (Fsp3) is 0.250. The Morgan fingerprint density at radius 2 is 1.83 bits per heavy atom. The van der Waals surface area contributed by atoms with Crippen molar-refractivity contribution < 1.29 is 19.1 Å². The van der Waals surface area contributed by atoms with E-state index in [9.17, 15) is 9.59 Å². The summed E-state index contributed by atoms with van der Waals surface area (Å²) in [5.41, 5.74) is 7.53. The topological polar surface area (TPSA) is 141 Å². The number of nitrogens with one attached hydrogen (secondary N) is 2. The molecule has 0 radical (unpaired) electrons. The Morgan fingerprint density at radius 3 is 2.63 bits per heavy atom. The summed E-state index contributed by atoms with van der Waals surface area (Å²) >= 11 is 0. The Balaban J connectivity index is 1.96. The van der Waals surface area contributed by atoms with Gasteiger partial charge in [-0.1, -0.05) is 0 Å². The van der Waals surface area contributed by atoms with Gasteiger partial charge < -0.3 is 25.8 Å². The normalized spacial score (nSPS) is 16.3. The van der Waals surface area contributed by atoms with Crippen LogP contribution < -0.4 is 21.1 Å². The third kappa shape index (κ3) is 5.39. The number of rotatable bonds is 1. The average molecular weight is 410 g/mol. The maximum absolute atomic E-state index is 12.7. The van der Waals surface area contributed by atoms with Gasteiger partial charge in [0.05, 0.1) is 18.9 Å². The van der Waals surface area contributed by atoms with Crippen LogP contribution >= 0.6 is 0 Å². The molecule has 30 heavy (non-hydrogen) atoms. The van der Waals surface area contributed by atoms with Crippen LogP contribution in [0.1, 0.15) is 10.5 Å². The predicted molar refractivity (Wildman–Crippen MR) is 110 cm³/mol. The number of nitrogens with zero attached hydrogens (tertiary/aromatic N) is 3. The number of carbonyl (C=O) groups is 2. The highest BCUT2D eigenvalue weighted by molar-refractivity contribution is 6.03. The first-order chi connectivity index (χ1) is 14.6. The van der Waals surface area contributed by atoms with Crippen molar-refractivity contribution in [3.05, 3.63) is 53.7 Å². The molecule has 4 bridgehead atoms. The average Bonchev–Trinajstić information content (AvgIpc) is 2.77. The SMILES string of the molecule is CN=CC1=C(N)C(=O)NCCOCCOc2cc(ccn2)-c2ccnc(c2)C(=O)N1. The van der Waals surface area contributed by atoms with Crippen LogP contribution in [0.4, 0.5) is 0 Å². The van der Waals surface area contributed by atoms with Gasteiger partial charge in [-0.05, 0) is 29.3 Å². The van der Waals surface area contributed by atoms with Gasteiger partial charge in [-0.3, -0.25) is 19.6 Å². The van der Waals surface area contributed by atoms with Crippen molar-refractivity contribution in [3.8, 4) is 17.0 Å². The van der Waals surface area contributed by atoms with Crippen LogP contribution in [0, 0.1) is 0 Å². The zero-order valence-electron chi connectivity index (χ0n) is 16.4. The van der Waals surface area contributed by atoms with Crippen molar-refractivity contribution in [2.45, 2.75) is 0 Å². The summed E-state index contributed by atoms with van der Waals surface area (Å²) < 4.78 is 11.0. The molecule has 0 aromatic carbocycles. The highest BCUT2D eigenvalue weighted by Crippen LogP contribution is 2.22. The Bertz CT molecular complexity index is 989. The molecule has 10 heteroatoms.